The largest absolute Gasteiger partial charge is 0.405 e. The highest BCUT2D eigenvalue weighted by molar-refractivity contribution is 7.81. The van der Waals surface area contributed by atoms with E-state index in [9.17, 15) is 0 Å². The molecular weight excluding hydrogens is 579 g/mol. The molecule has 0 unspecified atom stereocenters. The van der Waals surface area contributed by atoms with Crippen molar-refractivity contribution in [2.24, 2.45) is 0 Å². The lowest BCUT2D eigenvalue weighted by Gasteiger charge is -2.53. The van der Waals surface area contributed by atoms with Gasteiger partial charge in [0.25, 0.3) is 0 Å². The summed E-state index contributed by atoms with van der Waals surface area (Å²) in [5.74, 6) is 0. The van der Waals surface area contributed by atoms with Gasteiger partial charge in [0.05, 0.1) is 48.9 Å². The molecule has 4 nitrogen and oxygen atoms in total. The van der Waals surface area contributed by atoms with Crippen molar-refractivity contribution in [3.63, 3.8) is 0 Å². The van der Waals surface area contributed by atoms with Gasteiger partial charge in [-0.3, -0.25) is 0 Å². The maximum atomic E-state index is 2.89. The Balaban J connectivity index is 2.24. The maximum Gasteiger partial charge on any atom is 0.405 e. The lowest BCUT2D eigenvalue weighted by Crippen LogP contribution is -2.55. The van der Waals surface area contributed by atoms with Gasteiger partial charge < -0.3 is 0 Å². The van der Waals surface area contributed by atoms with E-state index in [0.717, 1.165) is 77.5 Å². The summed E-state index contributed by atoms with van der Waals surface area (Å²) >= 11 is 0. The molecule has 4 aromatic carbocycles. The number of benzene rings is 4. The minimum Gasteiger partial charge on any atom is -0.190 e. The Morgan fingerprint density at radius 3 is 1.02 bits per heavy atom. The monoisotopic (exact) mass is 637 g/mol. The summed E-state index contributed by atoms with van der Waals surface area (Å²) in [6.07, 6.45) is 9.06. The van der Waals surface area contributed by atoms with Gasteiger partial charge in [0, 0.05) is 0 Å². The Kier molecular flexibility index (Phi) is 14.3. The summed E-state index contributed by atoms with van der Waals surface area (Å²) in [4.78, 5) is 0. The van der Waals surface area contributed by atoms with Crippen molar-refractivity contribution in [2.45, 2.75) is 86.0 Å². The average molecular weight is 638 g/mol. The molecule has 0 N–H and O–H groups in total. The van der Waals surface area contributed by atoms with Crippen LogP contribution in [0.3, 0.4) is 0 Å². The molecule has 0 radical (unpaired) electrons. The van der Waals surface area contributed by atoms with Gasteiger partial charge in [-0.25, -0.2) is 0 Å². The molecule has 0 aromatic heterocycles. The van der Waals surface area contributed by atoms with Crippen molar-refractivity contribution in [3.05, 3.63) is 121 Å². The number of unbranched alkanes of at least 4 members (excludes halogenated alkanes) is 4. The number of para-hydroxylation sites is 4. The van der Waals surface area contributed by atoms with Crippen molar-refractivity contribution in [3.8, 4) is 0 Å². The molecule has 5 heteroatoms. The Bertz CT molecular complexity index is 1260. The van der Waals surface area contributed by atoms with Crippen LogP contribution < -0.4 is 18.7 Å². The summed E-state index contributed by atoms with van der Waals surface area (Å²) < 4.78 is 11.5. The molecule has 0 amide bonds. The van der Waals surface area contributed by atoms with Crippen LogP contribution >= 0.6 is 7.87 Å². The topological polar surface area (TPSA) is 13.0 Å². The summed E-state index contributed by atoms with van der Waals surface area (Å²) in [6.45, 7) is 15.6. The first-order valence-electron chi connectivity index (χ1n) is 17.8. The predicted molar refractivity (Wildman–Crippen MR) is 206 cm³/mol. The highest BCUT2D eigenvalue weighted by Crippen LogP contribution is 2.74. The summed E-state index contributed by atoms with van der Waals surface area (Å²) in [6, 6.07) is 43.1. The highest BCUT2D eigenvalue weighted by Gasteiger charge is 2.63. The Hall–Kier alpha value is -3.49. The summed E-state index contributed by atoms with van der Waals surface area (Å²) in [5.41, 5.74) is 6.58. The standard InChI is InChI=1S/C41H58N4P/c1-6-10-33-42(38-26-17-14-18-27-38)46(43(34-11-7-2)39-28-19-15-20-29-39,44(35-12-8-3)40-30-21-16-22-31-40)45(36-13-9-4)41-32-24-23-25-37(41)5/h14-32H,6-13,33-36H2,1-5H3/q+1. The van der Waals surface area contributed by atoms with E-state index < -0.39 is 7.87 Å². The third-order valence-electron chi connectivity index (χ3n) is 8.75. The smallest absolute Gasteiger partial charge is 0.190 e. The highest BCUT2D eigenvalue weighted by atomic mass is 31.2. The van der Waals surface area contributed by atoms with E-state index in [-0.39, 0.29) is 0 Å². The van der Waals surface area contributed by atoms with E-state index >= 15 is 0 Å². The third-order valence-corrected chi connectivity index (χ3v) is 13.0. The summed E-state index contributed by atoms with van der Waals surface area (Å²) in [5, 5.41) is 0. The van der Waals surface area contributed by atoms with Crippen LogP contribution in [0, 0.1) is 6.92 Å². The molecule has 0 saturated heterocycles. The molecule has 0 heterocycles. The molecule has 4 rings (SSSR count). The normalized spacial score (nSPS) is 11.3. The van der Waals surface area contributed by atoms with Crippen LogP contribution in [-0.4, -0.2) is 26.2 Å². The second kappa shape index (κ2) is 18.6. The van der Waals surface area contributed by atoms with Gasteiger partial charge in [0.15, 0.2) is 0 Å². The zero-order valence-electron chi connectivity index (χ0n) is 29.2. The number of rotatable bonds is 20. The average Bonchev–Trinajstić information content (AvgIpc) is 3.10. The SMILES string of the molecule is CCCCN(c1ccccc1)[P+](N(CCCC)c1ccccc1)(N(CCCC)c1ccccc1)N(CCCC)c1ccccc1C. The van der Waals surface area contributed by atoms with Crippen LogP contribution in [0.25, 0.3) is 0 Å². The minimum atomic E-state index is -2.64. The molecule has 0 atom stereocenters. The van der Waals surface area contributed by atoms with E-state index in [0.29, 0.717) is 0 Å². The van der Waals surface area contributed by atoms with Gasteiger partial charge >= 0.3 is 7.87 Å². The number of hydrogen-bond acceptors (Lipinski definition) is 4. The fourth-order valence-electron chi connectivity index (χ4n) is 6.32. The second-order valence-electron chi connectivity index (χ2n) is 12.2. The zero-order chi connectivity index (χ0) is 32.6. The first kappa shape index (κ1) is 35.4. The Labute approximate surface area is 281 Å². The van der Waals surface area contributed by atoms with Gasteiger partial charge in [-0.05, 0) is 80.6 Å². The zero-order valence-corrected chi connectivity index (χ0v) is 30.1. The van der Waals surface area contributed by atoms with Gasteiger partial charge in [-0.2, -0.15) is 18.7 Å². The van der Waals surface area contributed by atoms with Crippen LogP contribution in [0.1, 0.15) is 84.6 Å². The second-order valence-corrected chi connectivity index (χ2v) is 15.2. The van der Waals surface area contributed by atoms with E-state index in [4.69, 9.17) is 0 Å². The van der Waals surface area contributed by atoms with Crippen molar-refractivity contribution < 1.29 is 0 Å². The molecule has 4 aromatic rings. The van der Waals surface area contributed by atoms with Crippen molar-refractivity contribution in [1.82, 2.24) is 0 Å². The molecule has 0 aliphatic rings. The number of nitrogens with zero attached hydrogens (tertiary/aromatic N) is 4. The Morgan fingerprint density at radius 1 is 0.391 bits per heavy atom. The summed E-state index contributed by atoms with van der Waals surface area (Å²) in [7, 11) is -2.64. The predicted octanol–water partition coefficient (Wildman–Crippen LogP) is 12.2. The van der Waals surface area contributed by atoms with Crippen LogP contribution in [0.5, 0.6) is 0 Å². The molecule has 0 aliphatic heterocycles. The molecule has 0 fully saturated rings. The van der Waals surface area contributed by atoms with Crippen molar-refractivity contribution in [1.29, 1.82) is 0 Å². The quantitative estimate of drug-likeness (QED) is 0.0894. The van der Waals surface area contributed by atoms with Gasteiger partial charge in [0.2, 0.25) is 0 Å². The van der Waals surface area contributed by atoms with E-state index in [1.807, 2.05) is 0 Å². The molecule has 46 heavy (non-hydrogen) atoms. The lowest BCUT2D eigenvalue weighted by atomic mass is 10.2. The molecule has 0 bridgehead atoms. The number of aryl methyl sites for hydroxylation is 1. The number of hydrogen-bond donors (Lipinski definition) is 0. The fraction of sp³-hybridized carbons (Fsp3) is 0.415. The van der Waals surface area contributed by atoms with Crippen LogP contribution in [0.4, 0.5) is 22.7 Å². The van der Waals surface area contributed by atoms with Gasteiger partial charge in [-0.1, -0.05) is 126 Å². The maximum absolute atomic E-state index is 2.89. The number of anilines is 4. The third kappa shape index (κ3) is 8.26. The molecule has 0 saturated carbocycles. The van der Waals surface area contributed by atoms with Crippen LogP contribution in [0.2, 0.25) is 0 Å². The fourth-order valence-corrected chi connectivity index (χ4v) is 11.4. The Morgan fingerprint density at radius 2 is 0.696 bits per heavy atom. The minimum absolute atomic E-state index is 0.980. The lowest BCUT2D eigenvalue weighted by molar-refractivity contribution is 0.740. The van der Waals surface area contributed by atoms with E-state index in [1.165, 1.54) is 28.3 Å². The molecule has 0 aliphatic carbocycles. The molecular formula is C41H58N4P+. The first-order valence-corrected chi connectivity index (χ1v) is 19.4. The molecule has 0 spiro atoms. The van der Waals surface area contributed by atoms with Gasteiger partial charge in [0.1, 0.15) is 0 Å². The van der Waals surface area contributed by atoms with Crippen LogP contribution in [-0.2, 0) is 0 Å². The van der Waals surface area contributed by atoms with Crippen molar-refractivity contribution in [2.75, 3.05) is 44.9 Å². The first-order chi connectivity index (χ1) is 22.6. The van der Waals surface area contributed by atoms with Crippen LogP contribution in [0.15, 0.2) is 115 Å². The van der Waals surface area contributed by atoms with Gasteiger partial charge in [-0.15, -0.1) is 0 Å². The van der Waals surface area contributed by atoms with E-state index in [2.05, 4.69) is 169 Å². The van der Waals surface area contributed by atoms with Crippen molar-refractivity contribution >= 4 is 30.6 Å². The molecule has 246 valence electrons. The van der Waals surface area contributed by atoms with E-state index in [1.54, 1.807) is 0 Å².